The van der Waals surface area contributed by atoms with Crippen molar-refractivity contribution in [1.82, 2.24) is 4.72 Å². The molecule has 0 aliphatic carbocycles. The highest BCUT2D eigenvalue weighted by Gasteiger charge is 2.20. The van der Waals surface area contributed by atoms with E-state index in [2.05, 4.69) is 4.72 Å². The minimum absolute atomic E-state index is 0.121. The topological polar surface area (TPSA) is 66.5 Å². The fourth-order valence-corrected chi connectivity index (χ4v) is 3.62. The standard InChI is InChI=1S/C15H22N2O3S/c1-3-4-9-21(19,20)16-11-12-5-7-14-13(10-12)6-8-15(18)17(14)2/h5,7,10,16H,3-4,6,8-9,11H2,1-2H3. The van der Waals surface area contributed by atoms with E-state index in [9.17, 15) is 13.2 Å². The number of anilines is 1. The maximum absolute atomic E-state index is 11.8. The van der Waals surface area contributed by atoms with Crippen LogP contribution in [0.4, 0.5) is 5.69 Å². The molecule has 0 spiro atoms. The minimum Gasteiger partial charge on any atom is -0.315 e. The normalized spacial score (nSPS) is 15.1. The van der Waals surface area contributed by atoms with Gasteiger partial charge in [0, 0.05) is 25.7 Å². The van der Waals surface area contributed by atoms with Crippen LogP contribution in [0, 0.1) is 0 Å². The van der Waals surface area contributed by atoms with Crippen molar-refractivity contribution in [2.75, 3.05) is 17.7 Å². The average molecular weight is 310 g/mol. The molecule has 1 aliphatic rings. The number of nitrogens with zero attached hydrogens (tertiary/aromatic N) is 1. The molecule has 0 bridgehead atoms. The molecule has 6 heteroatoms. The number of carbonyl (C=O) groups excluding carboxylic acids is 1. The fourth-order valence-electron chi connectivity index (χ4n) is 2.42. The van der Waals surface area contributed by atoms with Gasteiger partial charge in [-0.3, -0.25) is 4.79 Å². The van der Waals surface area contributed by atoms with Crippen LogP contribution in [0.15, 0.2) is 18.2 Å². The molecule has 1 aromatic carbocycles. The Kier molecular flexibility index (Phi) is 5.00. The Morgan fingerprint density at radius 3 is 2.76 bits per heavy atom. The molecule has 0 aromatic heterocycles. The number of benzene rings is 1. The zero-order valence-electron chi connectivity index (χ0n) is 12.6. The van der Waals surface area contributed by atoms with E-state index in [1.807, 2.05) is 25.1 Å². The number of nitrogens with one attached hydrogen (secondary N) is 1. The SMILES string of the molecule is CCCCS(=O)(=O)NCc1ccc2c(c1)CCC(=O)N2C. The van der Waals surface area contributed by atoms with Crippen LogP contribution in [0.1, 0.15) is 37.3 Å². The van der Waals surface area contributed by atoms with Gasteiger partial charge in [0.15, 0.2) is 0 Å². The zero-order chi connectivity index (χ0) is 15.5. The highest BCUT2D eigenvalue weighted by Crippen LogP contribution is 2.27. The molecular formula is C15H22N2O3S. The smallest absolute Gasteiger partial charge is 0.227 e. The molecule has 0 saturated carbocycles. The van der Waals surface area contributed by atoms with Gasteiger partial charge >= 0.3 is 0 Å². The third-order valence-corrected chi connectivity index (χ3v) is 5.16. The predicted octanol–water partition coefficient (Wildman–Crippen LogP) is 1.82. The van der Waals surface area contributed by atoms with Crippen molar-refractivity contribution in [3.05, 3.63) is 29.3 Å². The highest BCUT2D eigenvalue weighted by molar-refractivity contribution is 7.89. The van der Waals surface area contributed by atoms with Crippen molar-refractivity contribution in [2.24, 2.45) is 0 Å². The van der Waals surface area contributed by atoms with Crippen molar-refractivity contribution in [3.63, 3.8) is 0 Å². The summed E-state index contributed by atoms with van der Waals surface area (Å²) in [5, 5.41) is 0. The van der Waals surface area contributed by atoms with E-state index in [-0.39, 0.29) is 11.7 Å². The van der Waals surface area contributed by atoms with Crippen LogP contribution in [0.5, 0.6) is 0 Å². The molecule has 1 aromatic rings. The van der Waals surface area contributed by atoms with Crippen molar-refractivity contribution >= 4 is 21.6 Å². The fraction of sp³-hybridized carbons (Fsp3) is 0.533. The third-order valence-electron chi connectivity index (χ3n) is 3.75. The van der Waals surface area contributed by atoms with E-state index in [1.165, 1.54) is 0 Å². The molecule has 2 rings (SSSR count). The monoisotopic (exact) mass is 310 g/mol. The van der Waals surface area contributed by atoms with Crippen LogP contribution >= 0.6 is 0 Å². The number of aryl methyl sites for hydroxylation is 1. The van der Waals surface area contributed by atoms with Gasteiger partial charge in [-0.2, -0.15) is 0 Å². The molecule has 0 radical (unpaired) electrons. The lowest BCUT2D eigenvalue weighted by Gasteiger charge is -2.26. The van der Waals surface area contributed by atoms with Gasteiger partial charge in [0.2, 0.25) is 15.9 Å². The van der Waals surface area contributed by atoms with Gasteiger partial charge < -0.3 is 4.90 Å². The summed E-state index contributed by atoms with van der Waals surface area (Å²) in [5.74, 6) is 0.293. The average Bonchev–Trinajstić information content (AvgIpc) is 2.47. The summed E-state index contributed by atoms with van der Waals surface area (Å²) >= 11 is 0. The summed E-state index contributed by atoms with van der Waals surface area (Å²) in [5.41, 5.74) is 2.95. The zero-order valence-corrected chi connectivity index (χ0v) is 13.4. The summed E-state index contributed by atoms with van der Waals surface area (Å²) < 4.78 is 26.2. The second kappa shape index (κ2) is 6.58. The second-order valence-corrected chi connectivity index (χ2v) is 7.34. The van der Waals surface area contributed by atoms with Crippen molar-refractivity contribution in [2.45, 2.75) is 39.2 Å². The maximum Gasteiger partial charge on any atom is 0.227 e. The molecule has 1 heterocycles. The van der Waals surface area contributed by atoms with Crippen LogP contribution in [-0.4, -0.2) is 27.1 Å². The highest BCUT2D eigenvalue weighted by atomic mass is 32.2. The maximum atomic E-state index is 11.8. The first-order valence-electron chi connectivity index (χ1n) is 7.28. The summed E-state index contributed by atoms with van der Waals surface area (Å²) in [4.78, 5) is 13.3. The first kappa shape index (κ1) is 16.0. The molecule has 0 fully saturated rings. The lowest BCUT2D eigenvalue weighted by Crippen LogP contribution is -2.31. The number of rotatable bonds is 6. The molecule has 21 heavy (non-hydrogen) atoms. The van der Waals surface area contributed by atoms with Gasteiger partial charge in [-0.15, -0.1) is 0 Å². The lowest BCUT2D eigenvalue weighted by molar-refractivity contribution is -0.118. The largest absolute Gasteiger partial charge is 0.315 e. The first-order chi connectivity index (χ1) is 9.93. The molecule has 0 unspecified atom stereocenters. The number of carbonyl (C=O) groups is 1. The van der Waals surface area contributed by atoms with E-state index in [0.29, 0.717) is 19.4 Å². The number of amides is 1. The Labute approximate surface area is 126 Å². The number of unbranched alkanes of at least 4 members (excludes halogenated alkanes) is 1. The summed E-state index contributed by atoms with van der Waals surface area (Å²) in [6.07, 6.45) is 2.76. The van der Waals surface area contributed by atoms with E-state index >= 15 is 0 Å². The van der Waals surface area contributed by atoms with Crippen LogP contribution < -0.4 is 9.62 Å². The molecule has 116 valence electrons. The van der Waals surface area contributed by atoms with E-state index in [1.54, 1.807) is 11.9 Å². The molecule has 0 saturated heterocycles. The van der Waals surface area contributed by atoms with Crippen LogP contribution in [0.25, 0.3) is 0 Å². The number of fused-ring (bicyclic) bond motifs is 1. The Balaban J connectivity index is 2.05. The Morgan fingerprint density at radius 1 is 1.29 bits per heavy atom. The summed E-state index contributed by atoms with van der Waals surface area (Å²) in [6.45, 7) is 2.27. The second-order valence-electron chi connectivity index (χ2n) is 5.41. The van der Waals surface area contributed by atoms with Gasteiger partial charge in [-0.05, 0) is 30.0 Å². The van der Waals surface area contributed by atoms with Crippen LogP contribution in [0.3, 0.4) is 0 Å². The minimum atomic E-state index is -3.20. The quantitative estimate of drug-likeness (QED) is 0.871. The summed E-state index contributed by atoms with van der Waals surface area (Å²) in [6, 6.07) is 5.75. The van der Waals surface area contributed by atoms with Gasteiger partial charge in [0.05, 0.1) is 5.75 Å². The van der Waals surface area contributed by atoms with Gasteiger partial charge in [0.1, 0.15) is 0 Å². The van der Waals surface area contributed by atoms with Crippen LogP contribution in [0.2, 0.25) is 0 Å². The molecule has 1 aliphatic heterocycles. The number of hydrogen-bond acceptors (Lipinski definition) is 3. The molecule has 1 N–H and O–H groups in total. The van der Waals surface area contributed by atoms with Crippen molar-refractivity contribution < 1.29 is 13.2 Å². The Hall–Kier alpha value is -1.40. The Morgan fingerprint density at radius 2 is 2.05 bits per heavy atom. The van der Waals surface area contributed by atoms with Gasteiger partial charge in [-0.1, -0.05) is 25.5 Å². The van der Waals surface area contributed by atoms with Crippen LogP contribution in [-0.2, 0) is 27.8 Å². The van der Waals surface area contributed by atoms with Gasteiger partial charge in [0.25, 0.3) is 0 Å². The van der Waals surface area contributed by atoms with Crippen molar-refractivity contribution in [3.8, 4) is 0 Å². The lowest BCUT2D eigenvalue weighted by atomic mass is 9.99. The van der Waals surface area contributed by atoms with E-state index in [0.717, 1.165) is 29.7 Å². The van der Waals surface area contributed by atoms with E-state index in [4.69, 9.17) is 0 Å². The number of hydrogen-bond donors (Lipinski definition) is 1. The molecular weight excluding hydrogens is 288 g/mol. The first-order valence-corrected chi connectivity index (χ1v) is 8.94. The Bertz CT molecular complexity index is 626. The predicted molar refractivity (Wildman–Crippen MR) is 83.7 cm³/mol. The summed E-state index contributed by atoms with van der Waals surface area (Å²) in [7, 11) is -1.43. The van der Waals surface area contributed by atoms with E-state index < -0.39 is 10.0 Å². The van der Waals surface area contributed by atoms with Crippen molar-refractivity contribution in [1.29, 1.82) is 0 Å². The molecule has 0 atom stereocenters. The third kappa shape index (κ3) is 4.04. The number of sulfonamides is 1. The molecule has 1 amide bonds. The molecule has 5 nitrogen and oxygen atoms in total. The van der Waals surface area contributed by atoms with Gasteiger partial charge in [-0.25, -0.2) is 13.1 Å².